The van der Waals surface area contributed by atoms with Crippen molar-refractivity contribution in [3.8, 4) is 0 Å². The number of rotatable bonds is 1. The number of nitrogens with zero attached hydrogens (tertiary/aromatic N) is 2. The maximum absolute atomic E-state index is 13.0. The van der Waals surface area contributed by atoms with E-state index in [-0.39, 0.29) is 41.4 Å². The number of benzene rings is 1. The van der Waals surface area contributed by atoms with Crippen LogP contribution in [-0.2, 0) is 20.8 Å². The fourth-order valence-electron chi connectivity index (χ4n) is 5.16. The van der Waals surface area contributed by atoms with E-state index in [2.05, 4.69) is 12.2 Å². The molecule has 2 heterocycles. The Labute approximate surface area is 146 Å². The van der Waals surface area contributed by atoms with E-state index in [1.54, 1.807) is 11.8 Å². The Bertz CT molecular complexity index is 811. The topological polar surface area (TPSA) is 57.7 Å². The van der Waals surface area contributed by atoms with Crippen molar-refractivity contribution < 1.29 is 14.4 Å². The van der Waals surface area contributed by atoms with Crippen LogP contribution in [0.3, 0.4) is 0 Å². The van der Waals surface area contributed by atoms with E-state index >= 15 is 0 Å². The maximum atomic E-state index is 13.0. The minimum Gasteiger partial charge on any atom is -0.312 e. The van der Waals surface area contributed by atoms with Crippen LogP contribution in [0.25, 0.3) is 0 Å². The monoisotopic (exact) mass is 336 g/mol. The Morgan fingerprint density at radius 1 is 1.04 bits per heavy atom. The molecule has 6 rings (SSSR count). The van der Waals surface area contributed by atoms with E-state index < -0.39 is 0 Å². The number of fused-ring (bicyclic) bond motifs is 2. The molecule has 128 valence electrons. The first-order chi connectivity index (χ1) is 12.1. The van der Waals surface area contributed by atoms with Gasteiger partial charge in [-0.2, -0.15) is 0 Å². The van der Waals surface area contributed by atoms with Crippen LogP contribution in [0.4, 0.5) is 11.4 Å². The molecule has 2 fully saturated rings. The molecule has 2 bridgehead atoms. The van der Waals surface area contributed by atoms with Crippen molar-refractivity contribution in [1.29, 1.82) is 0 Å². The van der Waals surface area contributed by atoms with Crippen molar-refractivity contribution in [2.75, 3.05) is 16.3 Å². The third kappa shape index (κ3) is 1.92. The highest BCUT2D eigenvalue weighted by Crippen LogP contribution is 2.50. The summed E-state index contributed by atoms with van der Waals surface area (Å²) >= 11 is 0. The predicted octanol–water partition coefficient (Wildman–Crippen LogP) is 2.30. The van der Waals surface area contributed by atoms with Gasteiger partial charge in [0.25, 0.3) is 0 Å². The summed E-state index contributed by atoms with van der Waals surface area (Å²) in [5, 5.41) is 0. The molecule has 25 heavy (non-hydrogen) atoms. The molecule has 1 aromatic rings. The van der Waals surface area contributed by atoms with Crippen molar-refractivity contribution in [3.05, 3.63) is 35.9 Å². The van der Waals surface area contributed by atoms with Gasteiger partial charge in [0.2, 0.25) is 17.7 Å². The standard InChI is InChI=1S/C20H20N2O3/c1-11(23)21-9-8-12-6-7-15(10-16(12)21)22-19(24)17-13-2-3-14(5-4-13)18(17)20(22)25/h2-3,6-7,10,13-14,17-18H,4-5,8-9H2,1H3/t13-,14+,17-,18+. The molecular weight excluding hydrogens is 316 g/mol. The molecule has 3 aliphatic carbocycles. The van der Waals surface area contributed by atoms with Crippen molar-refractivity contribution >= 4 is 29.1 Å². The molecule has 0 unspecified atom stereocenters. The van der Waals surface area contributed by atoms with Crippen LogP contribution in [0.5, 0.6) is 0 Å². The molecule has 1 saturated heterocycles. The Morgan fingerprint density at radius 2 is 1.68 bits per heavy atom. The van der Waals surface area contributed by atoms with Gasteiger partial charge >= 0.3 is 0 Å². The van der Waals surface area contributed by atoms with Crippen LogP contribution >= 0.6 is 0 Å². The zero-order valence-electron chi connectivity index (χ0n) is 14.1. The van der Waals surface area contributed by atoms with Gasteiger partial charge in [-0.1, -0.05) is 18.2 Å². The number of imide groups is 1. The van der Waals surface area contributed by atoms with Crippen molar-refractivity contribution in [3.63, 3.8) is 0 Å². The van der Waals surface area contributed by atoms with Crippen LogP contribution in [0.1, 0.15) is 25.3 Å². The predicted molar refractivity (Wildman–Crippen MR) is 93.0 cm³/mol. The zero-order chi connectivity index (χ0) is 17.3. The molecule has 0 N–H and O–H groups in total. The van der Waals surface area contributed by atoms with Crippen molar-refractivity contribution in [2.24, 2.45) is 23.7 Å². The number of hydrogen-bond donors (Lipinski definition) is 0. The lowest BCUT2D eigenvalue weighted by atomic mass is 9.63. The van der Waals surface area contributed by atoms with Crippen LogP contribution in [0.2, 0.25) is 0 Å². The van der Waals surface area contributed by atoms with Crippen LogP contribution < -0.4 is 9.80 Å². The van der Waals surface area contributed by atoms with E-state index in [1.165, 1.54) is 4.90 Å². The van der Waals surface area contributed by atoms with Gasteiger partial charge in [0, 0.05) is 19.2 Å². The molecule has 2 aliphatic heterocycles. The van der Waals surface area contributed by atoms with Gasteiger partial charge in [0.1, 0.15) is 0 Å². The van der Waals surface area contributed by atoms with E-state index in [4.69, 9.17) is 0 Å². The molecule has 0 radical (unpaired) electrons. The average Bonchev–Trinajstić information content (AvgIpc) is 3.16. The van der Waals surface area contributed by atoms with Gasteiger partial charge in [0.15, 0.2) is 0 Å². The molecular formula is C20H20N2O3. The number of hydrogen-bond acceptors (Lipinski definition) is 3. The summed E-state index contributed by atoms with van der Waals surface area (Å²) in [6.45, 7) is 2.21. The molecule has 0 aromatic heterocycles. The fraction of sp³-hybridized carbons (Fsp3) is 0.450. The first-order valence-electron chi connectivity index (χ1n) is 9.03. The summed E-state index contributed by atoms with van der Waals surface area (Å²) in [5.74, 6) is -0.158. The molecule has 5 nitrogen and oxygen atoms in total. The lowest BCUT2D eigenvalue weighted by Gasteiger charge is -2.38. The molecule has 1 aromatic carbocycles. The molecule has 0 spiro atoms. The quantitative estimate of drug-likeness (QED) is 0.584. The van der Waals surface area contributed by atoms with Crippen molar-refractivity contribution in [2.45, 2.75) is 26.2 Å². The molecule has 4 atom stereocenters. The highest BCUT2D eigenvalue weighted by Gasteiger charge is 2.56. The van der Waals surface area contributed by atoms with E-state index in [0.29, 0.717) is 12.2 Å². The highest BCUT2D eigenvalue weighted by atomic mass is 16.2. The van der Waals surface area contributed by atoms with Gasteiger partial charge in [-0.05, 0) is 48.8 Å². The fourth-order valence-corrected chi connectivity index (χ4v) is 5.16. The molecule has 5 aliphatic rings. The number of amides is 3. The van der Waals surface area contributed by atoms with E-state index in [9.17, 15) is 14.4 Å². The smallest absolute Gasteiger partial charge is 0.238 e. The molecule has 5 heteroatoms. The highest BCUT2D eigenvalue weighted by molar-refractivity contribution is 6.22. The number of carbonyl (C=O) groups excluding carboxylic acids is 3. The normalized spacial score (nSPS) is 32.4. The summed E-state index contributed by atoms with van der Waals surface area (Å²) in [4.78, 5) is 41.0. The Balaban J connectivity index is 1.55. The molecule has 3 amide bonds. The third-order valence-electron chi connectivity index (χ3n) is 6.36. The second kappa shape index (κ2) is 5.04. The number of allylic oxidation sites excluding steroid dienone is 2. The maximum Gasteiger partial charge on any atom is 0.238 e. The lowest BCUT2D eigenvalue weighted by molar-refractivity contribution is -0.124. The van der Waals surface area contributed by atoms with E-state index in [1.807, 2.05) is 18.2 Å². The summed E-state index contributed by atoms with van der Waals surface area (Å²) in [6.07, 6.45) is 7.07. The largest absolute Gasteiger partial charge is 0.312 e. The summed E-state index contributed by atoms with van der Waals surface area (Å²) in [5.41, 5.74) is 2.54. The van der Waals surface area contributed by atoms with Gasteiger partial charge in [-0.25, -0.2) is 4.90 Å². The first-order valence-corrected chi connectivity index (χ1v) is 9.03. The number of anilines is 2. The zero-order valence-corrected chi connectivity index (χ0v) is 14.1. The molecule has 1 saturated carbocycles. The second-order valence-electron chi connectivity index (χ2n) is 7.59. The average molecular weight is 336 g/mol. The minimum atomic E-state index is -0.201. The SMILES string of the molecule is CC(=O)N1CCc2ccc(N3C(=O)[C@@H]4[C@H](C3=O)[C@@H]3C=C[C@H]4CC3)cc21. The Morgan fingerprint density at radius 3 is 2.24 bits per heavy atom. The lowest BCUT2D eigenvalue weighted by Crippen LogP contribution is -2.38. The summed E-state index contributed by atoms with van der Waals surface area (Å²) in [6, 6.07) is 5.64. The minimum absolute atomic E-state index is 0.00844. The van der Waals surface area contributed by atoms with E-state index in [0.717, 1.165) is 30.5 Å². The van der Waals surface area contributed by atoms with Crippen LogP contribution in [0, 0.1) is 23.7 Å². The third-order valence-corrected chi connectivity index (χ3v) is 6.36. The second-order valence-corrected chi connectivity index (χ2v) is 7.59. The van der Waals surface area contributed by atoms with Crippen molar-refractivity contribution in [1.82, 2.24) is 0 Å². The summed E-state index contributed by atoms with van der Waals surface area (Å²) in [7, 11) is 0. The van der Waals surface area contributed by atoms with Crippen LogP contribution in [0.15, 0.2) is 30.4 Å². The van der Waals surface area contributed by atoms with Gasteiger partial charge in [0.05, 0.1) is 17.5 Å². The summed E-state index contributed by atoms with van der Waals surface area (Å²) < 4.78 is 0. The van der Waals surface area contributed by atoms with Gasteiger partial charge < -0.3 is 4.90 Å². The van der Waals surface area contributed by atoms with Crippen LogP contribution in [-0.4, -0.2) is 24.3 Å². The Hall–Kier alpha value is -2.43. The first kappa shape index (κ1) is 14.9. The van der Waals surface area contributed by atoms with Gasteiger partial charge in [-0.15, -0.1) is 0 Å². The number of carbonyl (C=O) groups is 3. The van der Waals surface area contributed by atoms with Gasteiger partial charge in [-0.3, -0.25) is 14.4 Å². The Kier molecular flexibility index (Phi) is 3.00.